The molecule has 0 saturated heterocycles. The number of aliphatic carboxylic acids is 1. The van der Waals surface area contributed by atoms with E-state index in [1.165, 1.54) is 24.0 Å². The van der Waals surface area contributed by atoms with E-state index in [0.29, 0.717) is 18.1 Å². The number of nitrogens with one attached hydrogen (secondary N) is 1. The van der Waals surface area contributed by atoms with Gasteiger partial charge < -0.3 is 10.4 Å². The van der Waals surface area contributed by atoms with Gasteiger partial charge in [-0.1, -0.05) is 24.3 Å². The number of rotatable bonds is 7. The Bertz CT molecular complexity index is 553. The first-order chi connectivity index (χ1) is 11.2. The fourth-order valence-corrected chi connectivity index (χ4v) is 4.18. The van der Waals surface area contributed by atoms with Gasteiger partial charge in [0.1, 0.15) is 0 Å². The Morgan fingerprint density at radius 1 is 1.13 bits per heavy atom. The SMILES string of the molecule is O=C(O)CN(CC1CC1)C1CC(NC2Cc3ccccc3C2)C1. The number of benzene rings is 1. The average molecular weight is 314 g/mol. The van der Waals surface area contributed by atoms with Crippen molar-refractivity contribution >= 4 is 5.97 Å². The molecule has 0 aromatic heterocycles. The summed E-state index contributed by atoms with van der Waals surface area (Å²) in [6.07, 6.45) is 7.05. The number of carboxylic acids is 1. The van der Waals surface area contributed by atoms with Gasteiger partial charge in [0, 0.05) is 24.7 Å². The van der Waals surface area contributed by atoms with Crippen LogP contribution in [0.5, 0.6) is 0 Å². The van der Waals surface area contributed by atoms with Gasteiger partial charge in [0.05, 0.1) is 6.54 Å². The van der Waals surface area contributed by atoms with Crippen LogP contribution in [-0.2, 0) is 17.6 Å². The van der Waals surface area contributed by atoms with E-state index in [4.69, 9.17) is 5.11 Å². The van der Waals surface area contributed by atoms with Gasteiger partial charge in [-0.2, -0.15) is 0 Å². The second-order valence-corrected chi connectivity index (χ2v) is 7.63. The Labute approximate surface area is 137 Å². The molecule has 0 radical (unpaired) electrons. The summed E-state index contributed by atoms with van der Waals surface area (Å²) in [5.74, 6) is 0.0685. The van der Waals surface area contributed by atoms with Gasteiger partial charge >= 0.3 is 5.97 Å². The molecule has 4 heteroatoms. The third kappa shape index (κ3) is 3.59. The lowest BCUT2D eigenvalue weighted by Gasteiger charge is -2.44. The summed E-state index contributed by atoms with van der Waals surface area (Å²) < 4.78 is 0. The zero-order chi connectivity index (χ0) is 15.8. The molecule has 0 atom stereocenters. The first-order valence-corrected chi connectivity index (χ1v) is 8.96. The topological polar surface area (TPSA) is 52.6 Å². The van der Waals surface area contributed by atoms with E-state index < -0.39 is 5.97 Å². The van der Waals surface area contributed by atoms with Gasteiger partial charge in [0.2, 0.25) is 0 Å². The van der Waals surface area contributed by atoms with Crippen LogP contribution >= 0.6 is 0 Å². The van der Waals surface area contributed by atoms with E-state index in [-0.39, 0.29) is 6.54 Å². The van der Waals surface area contributed by atoms with Gasteiger partial charge in [-0.25, -0.2) is 0 Å². The van der Waals surface area contributed by atoms with Gasteiger partial charge in [-0.15, -0.1) is 0 Å². The largest absolute Gasteiger partial charge is 0.480 e. The molecule has 4 rings (SSSR count). The van der Waals surface area contributed by atoms with E-state index >= 15 is 0 Å². The molecule has 0 spiro atoms. The smallest absolute Gasteiger partial charge is 0.317 e. The van der Waals surface area contributed by atoms with E-state index in [0.717, 1.165) is 38.1 Å². The highest BCUT2D eigenvalue weighted by atomic mass is 16.4. The molecule has 0 aliphatic heterocycles. The Kier molecular flexibility index (Phi) is 4.12. The molecule has 2 N–H and O–H groups in total. The van der Waals surface area contributed by atoms with E-state index in [2.05, 4.69) is 34.5 Å². The maximum Gasteiger partial charge on any atom is 0.317 e. The zero-order valence-corrected chi connectivity index (χ0v) is 13.6. The molecule has 2 saturated carbocycles. The summed E-state index contributed by atoms with van der Waals surface area (Å²) in [6, 6.07) is 10.3. The normalized spacial score (nSPS) is 27.0. The maximum atomic E-state index is 11.1. The number of hydrogen-bond acceptors (Lipinski definition) is 3. The van der Waals surface area contributed by atoms with Crippen LogP contribution in [0.25, 0.3) is 0 Å². The van der Waals surface area contributed by atoms with E-state index in [1.54, 1.807) is 0 Å². The third-order valence-corrected chi connectivity index (χ3v) is 5.68. The predicted octanol–water partition coefficient (Wildman–Crippen LogP) is 2.07. The van der Waals surface area contributed by atoms with Crippen molar-refractivity contribution in [2.45, 2.75) is 56.7 Å². The Morgan fingerprint density at radius 3 is 2.35 bits per heavy atom. The fraction of sp³-hybridized carbons (Fsp3) is 0.632. The molecule has 124 valence electrons. The van der Waals surface area contributed by atoms with Gasteiger partial charge in [-0.3, -0.25) is 9.69 Å². The van der Waals surface area contributed by atoms with Crippen molar-refractivity contribution in [3.05, 3.63) is 35.4 Å². The van der Waals surface area contributed by atoms with E-state index in [1.807, 2.05) is 0 Å². The van der Waals surface area contributed by atoms with Crippen molar-refractivity contribution in [1.82, 2.24) is 10.2 Å². The molecular formula is C19H26N2O2. The molecule has 2 fully saturated rings. The quantitative estimate of drug-likeness (QED) is 0.809. The van der Waals surface area contributed by atoms with Crippen LogP contribution in [0.15, 0.2) is 24.3 Å². The number of fused-ring (bicyclic) bond motifs is 1. The minimum absolute atomic E-state index is 0.211. The van der Waals surface area contributed by atoms with Crippen molar-refractivity contribution in [1.29, 1.82) is 0 Å². The average Bonchev–Trinajstić information content (AvgIpc) is 3.18. The minimum atomic E-state index is -0.687. The molecule has 3 aliphatic carbocycles. The first kappa shape index (κ1) is 15.2. The molecular weight excluding hydrogens is 288 g/mol. The van der Waals surface area contributed by atoms with Crippen LogP contribution in [0.2, 0.25) is 0 Å². The van der Waals surface area contributed by atoms with Gasteiger partial charge in [0.15, 0.2) is 0 Å². The summed E-state index contributed by atoms with van der Waals surface area (Å²) >= 11 is 0. The molecule has 3 aliphatic rings. The monoisotopic (exact) mass is 314 g/mol. The Morgan fingerprint density at radius 2 is 1.78 bits per heavy atom. The lowest BCUT2D eigenvalue weighted by atomic mass is 9.84. The van der Waals surface area contributed by atoms with Gasteiger partial charge in [-0.05, 0) is 55.6 Å². The zero-order valence-electron chi connectivity index (χ0n) is 13.6. The maximum absolute atomic E-state index is 11.1. The van der Waals surface area contributed by atoms with Gasteiger partial charge in [0.25, 0.3) is 0 Å². The fourth-order valence-electron chi connectivity index (χ4n) is 4.18. The molecule has 1 aromatic rings. The van der Waals surface area contributed by atoms with Crippen LogP contribution in [0, 0.1) is 5.92 Å². The van der Waals surface area contributed by atoms with Crippen LogP contribution in [-0.4, -0.2) is 47.2 Å². The number of carboxylic acid groups (broad SMARTS) is 1. The lowest BCUT2D eigenvalue weighted by molar-refractivity contribution is -0.139. The molecule has 0 bridgehead atoms. The van der Waals surface area contributed by atoms with Crippen LogP contribution in [0.4, 0.5) is 0 Å². The molecule has 1 aromatic carbocycles. The highest BCUT2D eigenvalue weighted by Crippen LogP contribution is 2.34. The van der Waals surface area contributed by atoms with Crippen LogP contribution < -0.4 is 5.32 Å². The molecule has 23 heavy (non-hydrogen) atoms. The Balaban J connectivity index is 1.25. The number of carbonyl (C=O) groups is 1. The summed E-state index contributed by atoms with van der Waals surface area (Å²) in [6.45, 7) is 1.20. The number of nitrogens with zero attached hydrogens (tertiary/aromatic N) is 1. The summed E-state index contributed by atoms with van der Waals surface area (Å²) in [5, 5.41) is 12.9. The summed E-state index contributed by atoms with van der Waals surface area (Å²) in [4.78, 5) is 13.3. The second kappa shape index (κ2) is 6.25. The van der Waals surface area contributed by atoms with Crippen molar-refractivity contribution in [2.24, 2.45) is 5.92 Å². The molecule has 4 nitrogen and oxygen atoms in total. The first-order valence-electron chi connectivity index (χ1n) is 8.96. The van der Waals surface area contributed by atoms with E-state index in [9.17, 15) is 4.79 Å². The van der Waals surface area contributed by atoms with Crippen molar-refractivity contribution < 1.29 is 9.90 Å². The summed E-state index contributed by atoms with van der Waals surface area (Å²) in [7, 11) is 0. The molecule has 0 amide bonds. The second-order valence-electron chi connectivity index (χ2n) is 7.63. The molecule has 0 heterocycles. The van der Waals surface area contributed by atoms with Crippen LogP contribution in [0.3, 0.4) is 0 Å². The lowest BCUT2D eigenvalue weighted by Crippen LogP contribution is -2.56. The van der Waals surface area contributed by atoms with Crippen molar-refractivity contribution in [2.75, 3.05) is 13.1 Å². The molecule has 0 unspecified atom stereocenters. The summed E-state index contributed by atoms with van der Waals surface area (Å²) in [5.41, 5.74) is 2.98. The van der Waals surface area contributed by atoms with Crippen molar-refractivity contribution in [3.63, 3.8) is 0 Å². The highest BCUT2D eigenvalue weighted by Gasteiger charge is 2.38. The minimum Gasteiger partial charge on any atom is -0.480 e. The number of hydrogen-bond donors (Lipinski definition) is 2. The standard InChI is InChI=1S/C19H26N2O2/c22-19(23)12-21(11-13-5-6-13)18-9-17(10-18)20-16-7-14-3-1-2-4-15(14)8-16/h1-4,13,16-18,20H,5-12H2,(H,22,23). The van der Waals surface area contributed by atoms with Crippen molar-refractivity contribution in [3.8, 4) is 0 Å². The highest BCUT2D eigenvalue weighted by molar-refractivity contribution is 5.69. The third-order valence-electron chi connectivity index (χ3n) is 5.68. The van der Waals surface area contributed by atoms with Crippen LogP contribution in [0.1, 0.15) is 36.8 Å². The Hall–Kier alpha value is -1.39. The predicted molar refractivity (Wildman–Crippen MR) is 89.5 cm³/mol.